The lowest BCUT2D eigenvalue weighted by Crippen LogP contribution is -2.26. The van der Waals surface area contributed by atoms with Gasteiger partial charge in [0.25, 0.3) is 0 Å². The number of carbonyl (C=O) groups excluding carboxylic acids is 1. The van der Waals surface area contributed by atoms with Gasteiger partial charge >= 0.3 is 5.97 Å². The second-order valence-corrected chi connectivity index (χ2v) is 8.18. The molecule has 8 nitrogen and oxygen atoms in total. The Labute approximate surface area is 189 Å². The van der Waals surface area contributed by atoms with Crippen molar-refractivity contribution < 1.29 is 39.8 Å². The van der Waals surface area contributed by atoms with Gasteiger partial charge in [-0.3, -0.25) is 4.79 Å². The molecule has 0 spiro atoms. The van der Waals surface area contributed by atoms with Crippen LogP contribution >= 0.6 is 0 Å². The maximum Gasteiger partial charge on any atom is 0.318 e. The van der Waals surface area contributed by atoms with Gasteiger partial charge < -0.3 is 35.0 Å². The second-order valence-electron chi connectivity index (χ2n) is 8.18. The van der Waals surface area contributed by atoms with Gasteiger partial charge in [0.05, 0.1) is 0 Å². The lowest BCUT2D eigenvalue weighted by molar-refractivity contribution is -0.151. The van der Waals surface area contributed by atoms with Crippen molar-refractivity contribution in [1.29, 1.82) is 0 Å². The van der Waals surface area contributed by atoms with E-state index >= 15 is 0 Å². The molecule has 0 saturated carbocycles. The number of phenolic OH excluding ortho intramolecular Hbond substituents is 5. The molecule has 0 aromatic heterocycles. The molecular weight excluding hydrogens is 428 g/mol. The van der Waals surface area contributed by atoms with Crippen LogP contribution < -0.4 is 4.74 Å². The van der Waals surface area contributed by atoms with E-state index in [1.165, 1.54) is 36.4 Å². The summed E-state index contributed by atoms with van der Waals surface area (Å²) >= 11 is 0. The van der Waals surface area contributed by atoms with Crippen LogP contribution in [0.25, 0.3) is 0 Å². The summed E-state index contributed by atoms with van der Waals surface area (Å²) in [4.78, 5) is 13.3. The monoisotopic (exact) mass is 452 g/mol. The highest BCUT2D eigenvalue weighted by atomic mass is 16.6. The number of rotatable bonds is 5. The average Bonchev–Trinajstić information content (AvgIpc) is 3.17. The fourth-order valence-electron chi connectivity index (χ4n) is 4.10. The van der Waals surface area contributed by atoms with Gasteiger partial charge in [0.2, 0.25) is 0 Å². The van der Waals surface area contributed by atoms with Crippen LogP contribution in [-0.2, 0) is 16.0 Å². The fourth-order valence-corrected chi connectivity index (χ4v) is 4.10. The molecule has 5 N–H and O–H groups in total. The normalized spacial score (nSPS) is 17.8. The van der Waals surface area contributed by atoms with Crippen LogP contribution in [0.3, 0.4) is 0 Å². The molecule has 3 atom stereocenters. The van der Waals surface area contributed by atoms with Crippen molar-refractivity contribution in [2.45, 2.75) is 38.4 Å². The molecule has 1 heterocycles. The van der Waals surface area contributed by atoms with E-state index in [2.05, 4.69) is 0 Å². The lowest BCUT2D eigenvalue weighted by Gasteiger charge is -2.22. The smallest absolute Gasteiger partial charge is 0.318 e. The third-order valence-corrected chi connectivity index (χ3v) is 5.71. The number of fused-ring (bicyclic) bond motifs is 1. The van der Waals surface area contributed by atoms with E-state index in [-0.39, 0.29) is 34.5 Å². The molecule has 33 heavy (non-hydrogen) atoms. The first-order valence-electron chi connectivity index (χ1n) is 10.4. The standard InChI is InChI=1S/C25H24O8/c1-12-3-6-18(28)24-21(12)22(23(33-24)15-5-8-17(27)20(30)11-15)25(31)32-13(2)9-14-4-7-16(26)19(29)10-14/h3-8,10-11,13,22-23,26-30H,9H2,1-2H3. The molecule has 3 unspecified atom stereocenters. The van der Waals surface area contributed by atoms with Crippen LogP contribution in [-0.4, -0.2) is 37.6 Å². The zero-order chi connectivity index (χ0) is 23.9. The molecule has 0 radical (unpaired) electrons. The molecular formula is C25H24O8. The summed E-state index contributed by atoms with van der Waals surface area (Å²) in [5.74, 6) is -2.63. The van der Waals surface area contributed by atoms with E-state index in [9.17, 15) is 30.3 Å². The Morgan fingerprint density at radius 1 is 0.909 bits per heavy atom. The van der Waals surface area contributed by atoms with E-state index in [1.807, 2.05) is 0 Å². The summed E-state index contributed by atoms with van der Waals surface area (Å²) in [7, 11) is 0. The Morgan fingerprint density at radius 2 is 1.55 bits per heavy atom. The van der Waals surface area contributed by atoms with Gasteiger partial charge in [-0.1, -0.05) is 18.2 Å². The fraction of sp³-hybridized carbons (Fsp3) is 0.240. The van der Waals surface area contributed by atoms with Gasteiger partial charge in [0.1, 0.15) is 18.1 Å². The minimum Gasteiger partial charge on any atom is -0.504 e. The van der Waals surface area contributed by atoms with E-state index in [0.29, 0.717) is 23.1 Å². The Bertz CT molecular complexity index is 1220. The van der Waals surface area contributed by atoms with E-state index in [1.54, 1.807) is 26.0 Å². The molecule has 172 valence electrons. The number of ether oxygens (including phenoxy) is 2. The zero-order valence-corrected chi connectivity index (χ0v) is 18.0. The number of esters is 1. The number of phenols is 5. The molecule has 4 rings (SSSR count). The first kappa shape index (κ1) is 22.1. The minimum absolute atomic E-state index is 0.119. The van der Waals surface area contributed by atoms with Crippen LogP contribution in [0.15, 0.2) is 48.5 Å². The van der Waals surface area contributed by atoms with Crippen molar-refractivity contribution in [3.63, 3.8) is 0 Å². The van der Waals surface area contributed by atoms with E-state index < -0.39 is 24.1 Å². The van der Waals surface area contributed by atoms with Gasteiger partial charge in [0.15, 0.2) is 34.5 Å². The Morgan fingerprint density at radius 3 is 2.21 bits per heavy atom. The molecule has 0 aliphatic carbocycles. The van der Waals surface area contributed by atoms with Gasteiger partial charge in [-0.15, -0.1) is 0 Å². The minimum atomic E-state index is -0.924. The van der Waals surface area contributed by atoms with Gasteiger partial charge in [0, 0.05) is 12.0 Å². The number of aromatic hydroxyl groups is 5. The molecule has 1 aliphatic heterocycles. The molecule has 0 bridgehead atoms. The number of aryl methyl sites for hydroxylation is 1. The maximum absolute atomic E-state index is 13.3. The van der Waals surface area contributed by atoms with Crippen molar-refractivity contribution in [2.24, 2.45) is 0 Å². The molecule has 0 saturated heterocycles. The number of hydrogen-bond donors (Lipinski definition) is 5. The van der Waals surface area contributed by atoms with Crippen molar-refractivity contribution in [3.8, 4) is 34.5 Å². The second kappa shape index (κ2) is 8.46. The maximum atomic E-state index is 13.3. The molecule has 1 aliphatic rings. The van der Waals surface area contributed by atoms with Crippen molar-refractivity contribution >= 4 is 5.97 Å². The van der Waals surface area contributed by atoms with Gasteiger partial charge in [-0.25, -0.2) is 0 Å². The molecule has 0 fully saturated rings. The summed E-state index contributed by atoms with van der Waals surface area (Å²) < 4.78 is 11.7. The topological polar surface area (TPSA) is 137 Å². The summed E-state index contributed by atoms with van der Waals surface area (Å²) in [6, 6.07) is 11.7. The largest absolute Gasteiger partial charge is 0.504 e. The number of benzene rings is 3. The highest BCUT2D eigenvalue weighted by Gasteiger charge is 2.44. The van der Waals surface area contributed by atoms with Gasteiger partial charge in [-0.2, -0.15) is 0 Å². The van der Waals surface area contributed by atoms with Crippen LogP contribution in [0.4, 0.5) is 0 Å². The van der Waals surface area contributed by atoms with Crippen LogP contribution in [0.2, 0.25) is 0 Å². The highest BCUT2D eigenvalue weighted by Crippen LogP contribution is 2.52. The predicted octanol–water partition coefficient (Wildman–Crippen LogP) is 3.91. The highest BCUT2D eigenvalue weighted by molar-refractivity contribution is 5.83. The third kappa shape index (κ3) is 4.19. The summed E-state index contributed by atoms with van der Waals surface area (Å²) in [6.07, 6.45) is -1.17. The average molecular weight is 452 g/mol. The van der Waals surface area contributed by atoms with E-state index in [0.717, 1.165) is 5.56 Å². The van der Waals surface area contributed by atoms with Crippen LogP contribution in [0.1, 0.15) is 41.2 Å². The summed E-state index contributed by atoms with van der Waals surface area (Å²) in [5, 5.41) is 49.1. The third-order valence-electron chi connectivity index (χ3n) is 5.71. The number of carbonyl (C=O) groups is 1. The van der Waals surface area contributed by atoms with Crippen molar-refractivity contribution in [3.05, 3.63) is 70.8 Å². The van der Waals surface area contributed by atoms with Crippen LogP contribution in [0, 0.1) is 6.92 Å². The summed E-state index contributed by atoms with van der Waals surface area (Å²) in [5.41, 5.74) is 2.32. The predicted molar refractivity (Wildman–Crippen MR) is 118 cm³/mol. The Hall–Kier alpha value is -4.07. The first-order chi connectivity index (χ1) is 15.7. The molecule has 3 aromatic rings. The van der Waals surface area contributed by atoms with Gasteiger partial charge in [-0.05, 0) is 60.9 Å². The first-order valence-corrected chi connectivity index (χ1v) is 10.4. The SMILES string of the molecule is Cc1ccc(O)c2c1C(C(=O)OC(C)Cc1ccc(O)c(O)c1)C(c1ccc(O)c(O)c1)O2. The number of hydrogen-bond acceptors (Lipinski definition) is 8. The lowest BCUT2D eigenvalue weighted by atomic mass is 9.88. The van der Waals surface area contributed by atoms with Crippen molar-refractivity contribution in [1.82, 2.24) is 0 Å². The Balaban J connectivity index is 1.64. The zero-order valence-electron chi connectivity index (χ0n) is 18.0. The quantitative estimate of drug-likeness (QED) is 0.290. The van der Waals surface area contributed by atoms with Crippen molar-refractivity contribution in [2.75, 3.05) is 0 Å². The van der Waals surface area contributed by atoms with E-state index in [4.69, 9.17) is 9.47 Å². The molecule has 8 heteroatoms. The summed E-state index contributed by atoms with van der Waals surface area (Å²) in [6.45, 7) is 3.50. The van der Waals surface area contributed by atoms with Crippen LogP contribution in [0.5, 0.6) is 34.5 Å². The Kier molecular flexibility index (Phi) is 5.68. The molecule has 3 aromatic carbocycles. The molecule has 0 amide bonds.